The van der Waals surface area contributed by atoms with Crippen LogP contribution in [0.1, 0.15) is 10.4 Å². The predicted molar refractivity (Wildman–Crippen MR) is 69.9 cm³/mol. The lowest BCUT2D eigenvalue weighted by Gasteiger charge is -2.11. The predicted octanol–water partition coefficient (Wildman–Crippen LogP) is 4.62. The number of carboxylic acid groups (broad SMARTS) is 1. The number of hydrogen-bond acceptors (Lipinski definition) is 2. The quantitative estimate of drug-likeness (QED) is 0.899. The first kappa shape index (κ1) is 13.6. The van der Waals surface area contributed by atoms with Gasteiger partial charge < -0.3 is 9.84 Å². The van der Waals surface area contributed by atoms with Crippen molar-refractivity contribution >= 4 is 29.2 Å². The minimum Gasteiger partial charge on any atom is -0.478 e. The molecule has 19 heavy (non-hydrogen) atoms. The summed E-state index contributed by atoms with van der Waals surface area (Å²) in [6.07, 6.45) is 0. The van der Waals surface area contributed by atoms with Crippen molar-refractivity contribution in [1.82, 2.24) is 0 Å². The van der Waals surface area contributed by atoms with Crippen molar-refractivity contribution in [3.05, 3.63) is 57.8 Å². The van der Waals surface area contributed by atoms with Crippen LogP contribution in [0.4, 0.5) is 4.39 Å². The van der Waals surface area contributed by atoms with Crippen LogP contribution in [-0.2, 0) is 0 Å². The van der Waals surface area contributed by atoms with Crippen LogP contribution in [0.3, 0.4) is 0 Å². The Morgan fingerprint density at radius 2 is 1.89 bits per heavy atom. The van der Waals surface area contributed by atoms with Crippen LogP contribution in [-0.4, -0.2) is 11.1 Å². The van der Waals surface area contributed by atoms with Gasteiger partial charge in [0.15, 0.2) is 5.75 Å². The molecule has 0 bridgehead atoms. The van der Waals surface area contributed by atoms with Crippen LogP contribution in [0.15, 0.2) is 36.4 Å². The van der Waals surface area contributed by atoms with E-state index >= 15 is 0 Å². The summed E-state index contributed by atoms with van der Waals surface area (Å²) in [5, 5.41) is 9.20. The van der Waals surface area contributed by atoms with Gasteiger partial charge in [0.25, 0.3) is 0 Å². The van der Waals surface area contributed by atoms with E-state index in [1.165, 1.54) is 24.3 Å². The minimum absolute atomic E-state index is 0.0243. The third-order valence-electron chi connectivity index (χ3n) is 2.30. The van der Waals surface area contributed by atoms with Gasteiger partial charge in [-0.05, 0) is 30.3 Å². The van der Waals surface area contributed by atoms with Gasteiger partial charge in [-0.15, -0.1) is 0 Å². The summed E-state index contributed by atoms with van der Waals surface area (Å²) >= 11 is 11.7. The number of para-hydroxylation sites is 1. The largest absolute Gasteiger partial charge is 0.478 e. The van der Waals surface area contributed by atoms with Crippen LogP contribution in [0.25, 0.3) is 0 Å². The van der Waals surface area contributed by atoms with E-state index in [4.69, 9.17) is 33.0 Å². The molecule has 0 atom stereocenters. The van der Waals surface area contributed by atoms with Crippen molar-refractivity contribution in [1.29, 1.82) is 0 Å². The molecular formula is C13H7Cl2FO3. The van der Waals surface area contributed by atoms with Gasteiger partial charge in [-0.25, -0.2) is 9.18 Å². The second-order valence-corrected chi connectivity index (χ2v) is 4.41. The fourth-order valence-corrected chi connectivity index (χ4v) is 1.87. The maximum atomic E-state index is 12.9. The number of aromatic carboxylic acids is 1. The molecule has 0 heterocycles. The lowest BCUT2D eigenvalue weighted by molar-refractivity contribution is 0.0694. The molecule has 2 aromatic carbocycles. The highest BCUT2D eigenvalue weighted by molar-refractivity contribution is 6.33. The average Bonchev–Trinajstić information content (AvgIpc) is 2.34. The zero-order chi connectivity index (χ0) is 14.0. The van der Waals surface area contributed by atoms with Crippen molar-refractivity contribution in [3.63, 3.8) is 0 Å². The Kier molecular flexibility index (Phi) is 3.93. The molecule has 0 aliphatic rings. The molecule has 0 saturated heterocycles. The van der Waals surface area contributed by atoms with Gasteiger partial charge in [-0.1, -0.05) is 29.3 Å². The van der Waals surface area contributed by atoms with Gasteiger partial charge in [0.1, 0.15) is 17.1 Å². The van der Waals surface area contributed by atoms with Crippen LogP contribution in [0, 0.1) is 5.82 Å². The Labute approximate surface area is 118 Å². The van der Waals surface area contributed by atoms with Crippen LogP contribution in [0.5, 0.6) is 11.5 Å². The number of halogens is 3. The van der Waals surface area contributed by atoms with Crippen molar-refractivity contribution in [3.8, 4) is 11.5 Å². The molecule has 0 fully saturated rings. The maximum absolute atomic E-state index is 12.9. The van der Waals surface area contributed by atoms with Gasteiger partial charge >= 0.3 is 5.97 Å². The number of benzene rings is 2. The summed E-state index contributed by atoms with van der Waals surface area (Å²) < 4.78 is 18.3. The molecule has 2 aromatic rings. The summed E-state index contributed by atoms with van der Waals surface area (Å²) in [4.78, 5) is 11.1. The van der Waals surface area contributed by atoms with Gasteiger partial charge in [0.2, 0.25) is 0 Å². The standard InChI is InChI=1S/C13H7Cl2FO3/c14-9-3-1-2-8(13(17)18)12(9)19-11-5-4-7(16)6-10(11)15/h1-6H,(H,17,18). The first-order chi connectivity index (χ1) is 8.99. The highest BCUT2D eigenvalue weighted by atomic mass is 35.5. The average molecular weight is 301 g/mol. The second-order valence-electron chi connectivity index (χ2n) is 3.60. The van der Waals surface area contributed by atoms with Crippen molar-refractivity contribution < 1.29 is 19.0 Å². The molecule has 0 aromatic heterocycles. The van der Waals surface area contributed by atoms with Crippen molar-refractivity contribution in [2.75, 3.05) is 0 Å². The molecule has 0 aliphatic carbocycles. The van der Waals surface area contributed by atoms with E-state index in [0.717, 1.165) is 12.1 Å². The van der Waals surface area contributed by atoms with Crippen molar-refractivity contribution in [2.24, 2.45) is 0 Å². The Hall–Kier alpha value is -1.78. The molecule has 2 rings (SSSR count). The molecule has 0 spiro atoms. The molecular weight excluding hydrogens is 294 g/mol. The minimum atomic E-state index is -1.18. The molecule has 6 heteroatoms. The van der Waals surface area contributed by atoms with E-state index in [0.29, 0.717) is 0 Å². The summed E-state index contributed by atoms with van der Waals surface area (Å²) in [7, 11) is 0. The number of rotatable bonds is 3. The molecule has 1 N–H and O–H groups in total. The fourth-order valence-electron chi connectivity index (χ4n) is 1.45. The third kappa shape index (κ3) is 2.97. The molecule has 3 nitrogen and oxygen atoms in total. The first-order valence-corrected chi connectivity index (χ1v) is 5.89. The Bertz CT molecular complexity index is 644. The first-order valence-electron chi connectivity index (χ1n) is 5.13. The molecule has 0 aliphatic heterocycles. The van der Waals surface area contributed by atoms with Crippen LogP contribution < -0.4 is 4.74 Å². The number of ether oxygens (including phenoxy) is 1. The lowest BCUT2D eigenvalue weighted by Crippen LogP contribution is -2.00. The smallest absolute Gasteiger partial charge is 0.339 e. The lowest BCUT2D eigenvalue weighted by atomic mass is 10.2. The molecule has 0 saturated carbocycles. The Balaban J connectivity index is 2.46. The van der Waals surface area contributed by atoms with Crippen LogP contribution >= 0.6 is 23.2 Å². The fraction of sp³-hybridized carbons (Fsp3) is 0. The van der Waals surface area contributed by atoms with Gasteiger partial charge in [-0.2, -0.15) is 0 Å². The molecule has 0 radical (unpaired) electrons. The normalized spacial score (nSPS) is 10.3. The van der Waals surface area contributed by atoms with E-state index in [2.05, 4.69) is 0 Å². The maximum Gasteiger partial charge on any atom is 0.339 e. The highest BCUT2D eigenvalue weighted by Crippen LogP contribution is 2.36. The number of hydrogen-bond donors (Lipinski definition) is 1. The number of carboxylic acids is 1. The summed E-state index contributed by atoms with van der Waals surface area (Å²) in [6.45, 7) is 0. The Morgan fingerprint density at radius 1 is 1.16 bits per heavy atom. The monoisotopic (exact) mass is 300 g/mol. The summed E-state index contributed by atoms with van der Waals surface area (Å²) in [5.74, 6) is -1.62. The van der Waals surface area contributed by atoms with Crippen LogP contribution in [0.2, 0.25) is 10.0 Å². The summed E-state index contributed by atoms with van der Waals surface area (Å²) in [5.41, 5.74) is -0.104. The van der Waals surface area contributed by atoms with E-state index < -0.39 is 11.8 Å². The SMILES string of the molecule is O=C(O)c1cccc(Cl)c1Oc1ccc(F)cc1Cl. The third-order valence-corrected chi connectivity index (χ3v) is 2.90. The molecule has 0 unspecified atom stereocenters. The number of carbonyl (C=O) groups is 1. The van der Waals surface area contributed by atoms with Gasteiger partial charge in [-0.3, -0.25) is 0 Å². The zero-order valence-corrected chi connectivity index (χ0v) is 10.9. The second kappa shape index (κ2) is 5.47. The van der Waals surface area contributed by atoms with E-state index in [1.54, 1.807) is 0 Å². The van der Waals surface area contributed by atoms with Crippen molar-refractivity contribution in [2.45, 2.75) is 0 Å². The molecule has 0 amide bonds. The highest BCUT2D eigenvalue weighted by Gasteiger charge is 2.16. The van der Waals surface area contributed by atoms with E-state index in [1.807, 2.05) is 0 Å². The topological polar surface area (TPSA) is 46.5 Å². The van der Waals surface area contributed by atoms with Gasteiger partial charge in [0, 0.05) is 0 Å². The van der Waals surface area contributed by atoms with Gasteiger partial charge in [0.05, 0.1) is 10.0 Å². The molecule has 98 valence electrons. The summed E-state index contributed by atoms with van der Waals surface area (Å²) in [6, 6.07) is 7.84. The van der Waals surface area contributed by atoms with E-state index in [9.17, 15) is 9.18 Å². The Morgan fingerprint density at radius 3 is 2.53 bits per heavy atom. The zero-order valence-electron chi connectivity index (χ0n) is 9.36. The van der Waals surface area contributed by atoms with E-state index in [-0.39, 0.29) is 27.1 Å².